The number of carbonyl (C=O) groups is 4. The zero-order chi connectivity index (χ0) is 14.0. The lowest BCUT2D eigenvalue weighted by atomic mass is 10.0. The Balaban J connectivity index is 2.32. The van der Waals surface area contributed by atoms with Crippen LogP contribution in [0.4, 0.5) is 0 Å². The number of nitrogens with zero attached hydrogens (tertiary/aromatic N) is 2. The van der Waals surface area contributed by atoms with Crippen molar-refractivity contribution in [3.63, 3.8) is 0 Å². The summed E-state index contributed by atoms with van der Waals surface area (Å²) in [6.07, 6.45) is 3.58. The van der Waals surface area contributed by atoms with Crippen molar-refractivity contribution in [3.05, 3.63) is 11.8 Å². The van der Waals surface area contributed by atoms with Gasteiger partial charge in [-0.05, 0) is 12.8 Å². The number of hydrogen-bond donors (Lipinski definition) is 0. The average Bonchev–Trinajstić information content (AvgIpc) is 2.70. The molecule has 6 nitrogen and oxygen atoms in total. The van der Waals surface area contributed by atoms with Gasteiger partial charge in [0.25, 0.3) is 11.8 Å². The van der Waals surface area contributed by atoms with Crippen molar-refractivity contribution in [1.29, 1.82) is 0 Å². The van der Waals surface area contributed by atoms with E-state index < -0.39 is 11.8 Å². The Bertz CT molecular complexity index is 469. The van der Waals surface area contributed by atoms with Gasteiger partial charge in [0.1, 0.15) is 12.0 Å². The molecule has 0 aromatic carbocycles. The molecule has 2 aliphatic rings. The third-order valence-corrected chi connectivity index (χ3v) is 3.48. The zero-order valence-electron chi connectivity index (χ0n) is 10.8. The largest absolute Gasteiger partial charge is 0.307 e. The molecule has 19 heavy (non-hydrogen) atoms. The van der Waals surface area contributed by atoms with E-state index in [-0.39, 0.29) is 30.5 Å². The van der Waals surface area contributed by atoms with Crippen molar-refractivity contribution < 1.29 is 19.2 Å². The predicted octanol–water partition coefficient (Wildman–Crippen LogP) is 0.229. The highest BCUT2D eigenvalue weighted by molar-refractivity contribution is 6.17. The van der Waals surface area contributed by atoms with Gasteiger partial charge < -0.3 is 9.69 Å². The van der Waals surface area contributed by atoms with Crippen LogP contribution in [0.5, 0.6) is 0 Å². The van der Waals surface area contributed by atoms with Crippen LogP contribution in [0.15, 0.2) is 11.8 Å². The van der Waals surface area contributed by atoms with Crippen molar-refractivity contribution in [3.8, 4) is 0 Å². The van der Waals surface area contributed by atoms with E-state index in [2.05, 4.69) is 0 Å². The smallest absolute Gasteiger partial charge is 0.277 e. The van der Waals surface area contributed by atoms with E-state index in [4.69, 9.17) is 0 Å². The summed E-state index contributed by atoms with van der Waals surface area (Å²) < 4.78 is 0. The van der Waals surface area contributed by atoms with Crippen LogP contribution in [0.1, 0.15) is 32.6 Å². The third-order valence-electron chi connectivity index (χ3n) is 3.48. The zero-order valence-corrected chi connectivity index (χ0v) is 10.8. The van der Waals surface area contributed by atoms with Crippen molar-refractivity contribution >= 4 is 24.0 Å². The van der Waals surface area contributed by atoms with Gasteiger partial charge in [-0.2, -0.15) is 0 Å². The molecule has 1 unspecified atom stereocenters. The summed E-state index contributed by atoms with van der Waals surface area (Å²) in [7, 11) is 0. The molecule has 2 heterocycles. The van der Waals surface area contributed by atoms with Gasteiger partial charge in [-0.1, -0.05) is 6.92 Å². The van der Waals surface area contributed by atoms with Crippen molar-refractivity contribution in [2.45, 2.75) is 38.6 Å². The minimum absolute atomic E-state index is 0.146. The number of fused-ring (bicyclic) bond motifs is 2. The minimum Gasteiger partial charge on any atom is -0.307 e. The molecule has 1 fully saturated rings. The molecule has 6 heteroatoms. The average molecular weight is 264 g/mol. The Kier molecular flexibility index (Phi) is 3.78. The van der Waals surface area contributed by atoms with E-state index in [1.165, 1.54) is 11.0 Å². The lowest BCUT2D eigenvalue weighted by Crippen LogP contribution is -2.46. The Labute approximate surface area is 111 Å². The lowest BCUT2D eigenvalue weighted by Gasteiger charge is -2.31. The van der Waals surface area contributed by atoms with Crippen LogP contribution in [0, 0.1) is 0 Å². The summed E-state index contributed by atoms with van der Waals surface area (Å²) in [6.45, 7) is 2.14. The van der Waals surface area contributed by atoms with E-state index in [0.29, 0.717) is 19.4 Å². The van der Waals surface area contributed by atoms with Crippen LogP contribution in [-0.2, 0) is 19.2 Å². The molecule has 1 saturated heterocycles. The molecule has 2 rings (SSSR count). The highest BCUT2D eigenvalue weighted by atomic mass is 16.2. The third kappa shape index (κ3) is 2.30. The van der Waals surface area contributed by atoms with Gasteiger partial charge in [-0.3, -0.25) is 19.3 Å². The summed E-state index contributed by atoms with van der Waals surface area (Å²) in [5.41, 5.74) is 0.146. The van der Waals surface area contributed by atoms with Crippen LogP contribution in [0.2, 0.25) is 0 Å². The van der Waals surface area contributed by atoms with Crippen molar-refractivity contribution in [2.24, 2.45) is 0 Å². The van der Waals surface area contributed by atoms with Crippen LogP contribution >= 0.6 is 0 Å². The summed E-state index contributed by atoms with van der Waals surface area (Å²) >= 11 is 0. The van der Waals surface area contributed by atoms with Crippen molar-refractivity contribution in [2.75, 3.05) is 6.54 Å². The molecule has 2 bridgehead atoms. The molecule has 2 aliphatic heterocycles. The molecular formula is C13H16N2O4. The number of rotatable bonds is 3. The highest BCUT2D eigenvalue weighted by Crippen LogP contribution is 2.26. The monoisotopic (exact) mass is 264 g/mol. The molecule has 0 aromatic heterocycles. The molecule has 0 saturated carbocycles. The standard InChI is InChI=1S/C13H16N2O4/c1-2-11(17)14-6-3-4-9(5-7-16)15-12(18)8-10(14)13(15)19/h7-9H,2-6H2,1H3. The second-order valence-electron chi connectivity index (χ2n) is 4.64. The van der Waals surface area contributed by atoms with Crippen LogP contribution < -0.4 is 0 Å². The van der Waals surface area contributed by atoms with Crippen molar-refractivity contribution in [1.82, 2.24) is 9.80 Å². The number of imide groups is 1. The number of hydrogen-bond acceptors (Lipinski definition) is 4. The van der Waals surface area contributed by atoms with E-state index >= 15 is 0 Å². The molecule has 0 aromatic rings. The maximum Gasteiger partial charge on any atom is 0.277 e. The number of amides is 3. The summed E-state index contributed by atoms with van der Waals surface area (Å²) in [5.74, 6) is -1.05. The number of carbonyl (C=O) groups excluding carboxylic acids is 4. The first-order chi connectivity index (χ1) is 9.10. The SMILES string of the molecule is CCC(=O)N1CCCC(CC=O)N2C(=O)C=C1C2=O. The van der Waals surface area contributed by atoms with Gasteiger partial charge >= 0.3 is 0 Å². The minimum atomic E-state index is -0.460. The van der Waals surface area contributed by atoms with Gasteiger partial charge in [-0.15, -0.1) is 0 Å². The first kappa shape index (κ1) is 13.5. The first-order valence-electron chi connectivity index (χ1n) is 6.43. The van der Waals surface area contributed by atoms with E-state index in [1.54, 1.807) is 6.92 Å². The summed E-state index contributed by atoms with van der Waals surface area (Å²) in [4.78, 5) is 49.1. The topological polar surface area (TPSA) is 74.8 Å². The predicted molar refractivity (Wildman–Crippen MR) is 65.6 cm³/mol. The normalized spacial score (nSPS) is 23.0. The lowest BCUT2D eigenvalue weighted by molar-refractivity contribution is -0.144. The molecule has 0 spiro atoms. The first-order valence-corrected chi connectivity index (χ1v) is 6.43. The van der Waals surface area contributed by atoms with Gasteiger partial charge in [0.15, 0.2) is 0 Å². The van der Waals surface area contributed by atoms with Gasteiger partial charge in [0, 0.05) is 31.5 Å². The maximum atomic E-state index is 12.2. The van der Waals surface area contributed by atoms with E-state index in [9.17, 15) is 19.2 Å². The molecule has 1 atom stereocenters. The van der Waals surface area contributed by atoms with Gasteiger partial charge in [-0.25, -0.2) is 0 Å². The van der Waals surface area contributed by atoms with Gasteiger partial charge in [0.2, 0.25) is 5.91 Å². The summed E-state index contributed by atoms with van der Waals surface area (Å²) in [5, 5.41) is 0. The van der Waals surface area contributed by atoms with E-state index in [1.807, 2.05) is 0 Å². The fraction of sp³-hybridized carbons (Fsp3) is 0.538. The molecule has 102 valence electrons. The maximum absolute atomic E-state index is 12.2. The molecule has 0 N–H and O–H groups in total. The quantitative estimate of drug-likeness (QED) is 0.540. The summed E-state index contributed by atoms with van der Waals surface area (Å²) in [6, 6.07) is -0.384. The Morgan fingerprint density at radius 3 is 2.84 bits per heavy atom. The Hall–Kier alpha value is -1.98. The second kappa shape index (κ2) is 5.34. The molecule has 0 aliphatic carbocycles. The van der Waals surface area contributed by atoms with E-state index in [0.717, 1.165) is 11.2 Å². The van der Waals surface area contributed by atoms with Crippen LogP contribution in [0.3, 0.4) is 0 Å². The molecule has 3 amide bonds. The molecular weight excluding hydrogens is 248 g/mol. The van der Waals surface area contributed by atoms with Crippen LogP contribution in [0.25, 0.3) is 0 Å². The second-order valence-corrected chi connectivity index (χ2v) is 4.64. The highest BCUT2D eigenvalue weighted by Gasteiger charge is 2.41. The number of aldehydes is 1. The Morgan fingerprint density at radius 2 is 2.21 bits per heavy atom. The van der Waals surface area contributed by atoms with Gasteiger partial charge in [0.05, 0.1) is 0 Å². The van der Waals surface area contributed by atoms with Crippen LogP contribution in [-0.4, -0.2) is 46.4 Å². The molecule has 0 radical (unpaired) electrons. The Morgan fingerprint density at radius 1 is 1.47 bits per heavy atom. The fourth-order valence-corrected chi connectivity index (χ4v) is 2.53. The fourth-order valence-electron chi connectivity index (χ4n) is 2.53.